The molecule has 1 aromatic carbocycles. The standard InChI is InChI=1S/C11H10F4O2/c1-6(10(16)17-2)8-5-7(12)3-4-9(8)11(13,14)15/h3-6H,1-2H3. The number of esters is 1. The van der Waals surface area contributed by atoms with Crippen molar-refractivity contribution < 1.29 is 27.1 Å². The molecule has 94 valence electrons. The molecule has 0 N–H and O–H groups in total. The molecule has 6 heteroatoms. The Bertz CT molecular complexity index is 426. The van der Waals surface area contributed by atoms with Gasteiger partial charge in [-0.25, -0.2) is 4.39 Å². The van der Waals surface area contributed by atoms with Crippen molar-refractivity contribution in [1.29, 1.82) is 0 Å². The topological polar surface area (TPSA) is 26.3 Å². The second kappa shape index (κ2) is 4.73. The predicted octanol–water partition coefficient (Wildman–Crippen LogP) is 3.12. The molecule has 0 saturated carbocycles. The first-order valence-corrected chi connectivity index (χ1v) is 4.72. The van der Waals surface area contributed by atoms with Crippen LogP contribution in [0.1, 0.15) is 24.0 Å². The van der Waals surface area contributed by atoms with Crippen molar-refractivity contribution in [3.05, 3.63) is 35.1 Å². The average molecular weight is 250 g/mol. The molecule has 0 amide bonds. The van der Waals surface area contributed by atoms with Crippen molar-refractivity contribution in [3.63, 3.8) is 0 Å². The molecular formula is C11H10F4O2. The number of hydrogen-bond donors (Lipinski definition) is 0. The van der Waals surface area contributed by atoms with Crippen LogP contribution in [0.25, 0.3) is 0 Å². The Morgan fingerprint density at radius 3 is 2.41 bits per heavy atom. The van der Waals surface area contributed by atoms with Crippen LogP contribution < -0.4 is 0 Å². The highest BCUT2D eigenvalue weighted by atomic mass is 19.4. The minimum Gasteiger partial charge on any atom is -0.469 e. The van der Waals surface area contributed by atoms with E-state index in [4.69, 9.17) is 0 Å². The molecular weight excluding hydrogens is 240 g/mol. The Kier molecular flexibility index (Phi) is 3.75. The molecule has 0 saturated heterocycles. The second-order valence-electron chi connectivity index (χ2n) is 3.47. The molecule has 0 aliphatic carbocycles. The van der Waals surface area contributed by atoms with Gasteiger partial charge < -0.3 is 4.74 Å². The van der Waals surface area contributed by atoms with Gasteiger partial charge in [-0.05, 0) is 30.7 Å². The molecule has 2 nitrogen and oxygen atoms in total. The number of alkyl halides is 3. The van der Waals surface area contributed by atoms with Crippen LogP contribution in [0, 0.1) is 5.82 Å². The van der Waals surface area contributed by atoms with Gasteiger partial charge in [-0.1, -0.05) is 0 Å². The third kappa shape index (κ3) is 2.95. The number of carbonyl (C=O) groups is 1. The number of hydrogen-bond acceptors (Lipinski definition) is 2. The minimum absolute atomic E-state index is 0.427. The smallest absolute Gasteiger partial charge is 0.416 e. The first kappa shape index (κ1) is 13.5. The van der Waals surface area contributed by atoms with Crippen LogP contribution >= 0.6 is 0 Å². The Hall–Kier alpha value is -1.59. The van der Waals surface area contributed by atoms with Gasteiger partial charge in [-0.2, -0.15) is 13.2 Å². The highest BCUT2D eigenvalue weighted by molar-refractivity contribution is 5.78. The van der Waals surface area contributed by atoms with Gasteiger partial charge in [-0.15, -0.1) is 0 Å². The quantitative estimate of drug-likeness (QED) is 0.595. The van der Waals surface area contributed by atoms with Crippen molar-refractivity contribution in [2.75, 3.05) is 7.11 Å². The van der Waals surface area contributed by atoms with Gasteiger partial charge >= 0.3 is 12.1 Å². The van der Waals surface area contributed by atoms with E-state index >= 15 is 0 Å². The molecule has 0 spiro atoms. The molecule has 1 atom stereocenters. The van der Waals surface area contributed by atoms with Crippen LogP contribution in [0.2, 0.25) is 0 Å². The lowest BCUT2D eigenvalue weighted by Crippen LogP contribution is -2.17. The summed E-state index contributed by atoms with van der Waals surface area (Å²) in [6, 6.07) is 2.02. The van der Waals surface area contributed by atoms with E-state index in [0.717, 1.165) is 7.11 Å². The SMILES string of the molecule is COC(=O)C(C)c1cc(F)ccc1C(F)(F)F. The van der Waals surface area contributed by atoms with E-state index in [0.29, 0.717) is 18.2 Å². The van der Waals surface area contributed by atoms with Crippen molar-refractivity contribution >= 4 is 5.97 Å². The fraction of sp³-hybridized carbons (Fsp3) is 0.364. The Morgan fingerprint density at radius 1 is 1.35 bits per heavy atom. The lowest BCUT2D eigenvalue weighted by atomic mass is 9.95. The fourth-order valence-electron chi connectivity index (χ4n) is 1.45. The third-order valence-corrected chi connectivity index (χ3v) is 2.34. The van der Waals surface area contributed by atoms with Crippen molar-refractivity contribution in [1.82, 2.24) is 0 Å². The molecule has 0 aliphatic rings. The number of ether oxygens (including phenoxy) is 1. The van der Waals surface area contributed by atoms with E-state index in [9.17, 15) is 22.4 Å². The largest absolute Gasteiger partial charge is 0.469 e. The zero-order chi connectivity index (χ0) is 13.2. The van der Waals surface area contributed by atoms with E-state index < -0.39 is 35.0 Å². The summed E-state index contributed by atoms with van der Waals surface area (Å²) in [5.74, 6) is -2.85. The van der Waals surface area contributed by atoms with Crippen molar-refractivity contribution in [3.8, 4) is 0 Å². The van der Waals surface area contributed by atoms with Gasteiger partial charge in [0.05, 0.1) is 18.6 Å². The number of carbonyl (C=O) groups excluding carboxylic acids is 1. The summed E-state index contributed by atoms with van der Waals surface area (Å²) in [5, 5.41) is 0. The molecule has 0 bridgehead atoms. The molecule has 1 unspecified atom stereocenters. The average Bonchev–Trinajstić information content (AvgIpc) is 2.25. The zero-order valence-corrected chi connectivity index (χ0v) is 9.14. The monoisotopic (exact) mass is 250 g/mol. The van der Waals surface area contributed by atoms with Crippen LogP contribution in [-0.2, 0) is 15.7 Å². The first-order valence-electron chi connectivity index (χ1n) is 4.72. The summed E-state index contributed by atoms with van der Waals surface area (Å²) in [4.78, 5) is 11.2. The van der Waals surface area contributed by atoms with E-state index in [1.165, 1.54) is 6.92 Å². The summed E-state index contributed by atoms with van der Waals surface area (Å²) < 4.78 is 55.2. The van der Waals surface area contributed by atoms with Gasteiger partial charge in [0, 0.05) is 0 Å². The van der Waals surface area contributed by atoms with Gasteiger partial charge in [0.15, 0.2) is 0 Å². The molecule has 0 aromatic heterocycles. The minimum atomic E-state index is -4.63. The van der Waals surface area contributed by atoms with E-state index in [1.54, 1.807) is 0 Å². The summed E-state index contributed by atoms with van der Waals surface area (Å²) in [5.41, 5.74) is -1.46. The molecule has 1 aromatic rings. The van der Waals surface area contributed by atoms with E-state index in [-0.39, 0.29) is 0 Å². The number of methoxy groups -OCH3 is 1. The predicted molar refractivity (Wildman–Crippen MR) is 51.8 cm³/mol. The summed E-state index contributed by atoms with van der Waals surface area (Å²) in [6.07, 6.45) is -4.63. The van der Waals surface area contributed by atoms with E-state index in [2.05, 4.69) is 4.74 Å². The zero-order valence-electron chi connectivity index (χ0n) is 9.14. The van der Waals surface area contributed by atoms with Crippen LogP contribution in [0.15, 0.2) is 18.2 Å². The van der Waals surface area contributed by atoms with Gasteiger partial charge in [-0.3, -0.25) is 4.79 Å². The first-order chi connectivity index (χ1) is 7.77. The molecule has 0 heterocycles. The van der Waals surface area contributed by atoms with Crippen LogP contribution in [0.4, 0.5) is 17.6 Å². The lowest BCUT2D eigenvalue weighted by Gasteiger charge is -2.16. The Labute approximate surface area is 95.2 Å². The normalized spacial score (nSPS) is 13.3. The molecule has 0 radical (unpaired) electrons. The van der Waals surface area contributed by atoms with Gasteiger partial charge in [0.2, 0.25) is 0 Å². The van der Waals surface area contributed by atoms with Gasteiger partial charge in [0.25, 0.3) is 0 Å². The third-order valence-electron chi connectivity index (χ3n) is 2.34. The molecule has 0 aliphatic heterocycles. The molecule has 17 heavy (non-hydrogen) atoms. The lowest BCUT2D eigenvalue weighted by molar-refractivity contribution is -0.143. The van der Waals surface area contributed by atoms with Crippen LogP contribution in [-0.4, -0.2) is 13.1 Å². The van der Waals surface area contributed by atoms with Crippen LogP contribution in [0.5, 0.6) is 0 Å². The summed E-state index contributed by atoms with van der Waals surface area (Å²) in [6.45, 7) is 1.23. The maximum absolute atomic E-state index is 12.9. The van der Waals surface area contributed by atoms with Crippen LogP contribution in [0.3, 0.4) is 0 Å². The Balaban J connectivity index is 3.30. The summed E-state index contributed by atoms with van der Waals surface area (Å²) >= 11 is 0. The Morgan fingerprint density at radius 2 is 1.94 bits per heavy atom. The maximum Gasteiger partial charge on any atom is 0.416 e. The van der Waals surface area contributed by atoms with Crippen molar-refractivity contribution in [2.45, 2.75) is 19.0 Å². The highest BCUT2D eigenvalue weighted by Crippen LogP contribution is 2.35. The van der Waals surface area contributed by atoms with Crippen molar-refractivity contribution in [2.24, 2.45) is 0 Å². The highest BCUT2D eigenvalue weighted by Gasteiger charge is 2.36. The molecule has 0 fully saturated rings. The molecule has 1 rings (SSSR count). The van der Waals surface area contributed by atoms with Gasteiger partial charge in [0.1, 0.15) is 5.82 Å². The number of benzene rings is 1. The second-order valence-corrected chi connectivity index (χ2v) is 3.47. The maximum atomic E-state index is 12.9. The van der Waals surface area contributed by atoms with E-state index in [1.807, 2.05) is 0 Å². The number of halogens is 4. The fourth-order valence-corrected chi connectivity index (χ4v) is 1.45. The summed E-state index contributed by atoms with van der Waals surface area (Å²) in [7, 11) is 1.06. The number of rotatable bonds is 2.